The van der Waals surface area contributed by atoms with Crippen molar-refractivity contribution in [3.8, 4) is 78.7 Å². The molecule has 0 bridgehead atoms. The summed E-state index contributed by atoms with van der Waals surface area (Å²) in [5.74, 6) is 1.40. The van der Waals surface area contributed by atoms with E-state index in [1.165, 1.54) is 5.39 Å². The van der Waals surface area contributed by atoms with Gasteiger partial charge in [-0.2, -0.15) is 0 Å². The smallest absolute Gasteiger partial charge is 0.164 e. The van der Waals surface area contributed by atoms with Crippen LogP contribution in [0, 0.1) is 0 Å². The first-order chi connectivity index (χ1) is 36.1. The van der Waals surface area contributed by atoms with Gasteiger partial charge in [0.05, 0.1) is 9.60 Å². The fourth-order valence-electron chi connectivity index (χ4n) is 9.35. The van der Waals surface area contributed by atoms with E-state index in [4.69, 9.17) is 20.4 Å². The molecule has 0 amide bonds. The van der Waals surface area contributed by atoms with Crippen LogP contribution < -0.4 is 0 Å². The molecule has 2 aromatic heterocycles. The van der Waals surface area contributed by atoms with Crippen LogP contribution in [0.3, 0.4) is 0 Å². The quantitative estimate of drug-likeness (QED) is 0.160. The monoisotopic (exact) mass is 876 g/mol. The lowest BCUT2D eigenvalue weighted by atomic mass is 9.90. The number of hydrogen-bond donors (Lipinski definition) is 0. The molecular formula is C63H39N3S. The zero-order valence-electron chi connectivity index (χ0n) is 42.7. The number of aromatic nitrogens is 3. The molecule has 3 nitrogen and oxygen atoms in total. The number of nitrogens with zero attached hydrogens (tertiary/aromatic N) is 3. The fraction of sp³-hybridized carbons (Fsp3) is 0. The molecule has 13 rings (SSSR count). The average Bonchev–Trinajstić information content (AvgIpc) is 3.88. The van der Waals surface area contributed by atoms with Gasteiger partial charge in [-0.15, -0.1) is 11.3 Å². The van der Waals surface area contributed by atoms with Crippen molar-refractivity contribution >= 4 is 63.8 Å². The maximum absolute atomic E-state index is 9.81. The molecule has 2 heterocycles. The minimum absolute atomic E-state index is 0.0341. The number of fused-ring (bicyclic) bond motifs is 6. The summed E-state index contributed by atoms with van der Waals surface area (Å²) in [6.07, 6.45) is 0. The van der Waals surface area contributed by atoms with Crippen LogP contribution >= 0.6 is 11.3 Å². The van der Waals surface area contributed by atoms with Crippen LogP contribution in [-0.4, -0.2) is 15.0 Å². The van der Waals surface area contributed by atoms with E-state index in [0.29, 0.717) is 38.9 Å². The highest BCUT2D eigenvalue weighted by Gasteiger charge is 2.19. The van der Waals surface area contributed by atoms with Crippen molar-refractivity contribution in [3.05, 3.63) is 236 Å². The summed E-state index contributed by atoms with van der Waals surface area (Å²) in [5, 5.41) is 6.72. The molecule has 0 aliphatic heterocycles. The summed E-state index contributed by atoms with van der Waals surface area (Å²) in [5.41, 5.74) is 8.96. The first kappa shape index (κ1) is 32.1. The highest BCUT2D eigenvalue weighted by Crippen LogP contribution is 2.42. The normalized spacial score (nSPS) is 13.0. The molecule has 0 N–H and O–H groups in total. The summed E-state index contributed by atoms with van der Waals surface area (Å²) in [7, 11) is 0. The molecule has 11 aromatic carbocycles. The highest BCUT2D eigenvalue weighted by atomic mass is 32.1. The zero-order chi connectivity index (χ0) is 50.4. The van der Waals surface area contributed by atoms with Crippen molar-refractivity contribution < 1.29 is 9.60 Å². The molecule has 4 heteroatoms. The van der Waals surface area contributed by atoms with Crippen molar-refractivity contribution in [1.82, 2.24) is 15.0 Å². The Bertz CT molecular complexity index is 4460. The van der Waals surface area contributed by atoms with E-state index in [9.17, 15) is 4.11 Å². The molecule has 0 atom stereocenters. The molecule has 0 aliphatic carbocycles. The molecule has 0 fully saturated rings. The molecule has 0 radical (unpaired) electrons. The van der Waals surface area contributed by atoms with Crippen LogP contribution in [0.1, 0.15) is 9.60 Å². The van der Waals surface area contributed by atoms with Crippen LogP contribution in [0.15, 0.2) is 236 Å². The maximum Gasteiger partial charge on any atom is 0.164 e. The Morgan fingerprint density at radius 2 is 0.866 bits per heavy atom. The third-order valence-corrected chi connectivity index (χ3v) is 13.6. The Balaban J connectivity index is 1.04. The number of benzene rings is 11. The molecule has 0 saturated heterocycles. The molecule has 312 valence electrons. The Morgan fingerprint density at radius 3 is 1.66 bits per heavy atom. The summed E-state index contributed by atoms with van der Waals surface area (Å²) < 4.78 is 63.8. The van der Waals surface area contributed by atoms with Gasteiger partial charge in [-0.05, 0) is 107 Å². The van der Waals surface area contributed by atoms with Gasteiger partial charge in [-0.1, -0.05) is 206 Å². The molecule has 0 saturated carbocycles. The van der Waals surface area contributed by atoms with E-state index < -0.39 is 6.04 Å². The Kier molecular flexibility index (Phi) is 7.75. The van der Waals surface area contributed by atoms with Crippen LogP contribution in [0.5, 0.6) is 0 Å². The molecule has 0 spiro atoms. The number of thiophene rings is 1. The van der Waals surface area contributed by atoms with E-state index in [1.54, 1.807) is 0 Å². The van der Waals surface area contributed by atoms with Crippen LogP contribution in [-0.2, 0) is 0 Å². The number of hydrogen-bond acceptors (Lipinski definition) is 4. The third kappa shape index (κ3) is 6.94. The molecule has 13 aromatic rings. The topological polar surface area (TPSA) is 38.7 Å². The van der Waals surface area contributed by atoms with Gasteiger partial charge in [0.2, 0.25) is 0 Å². The van der Waals surface area contributed by atoms with Gasteiger partial charge >= 0.3 is 0 Å². The van der Waals surface area contributed by atoms with E-state index in [-0.39, 0.29) is 57.3 Å². The van der Waals surface area contributed by atoms with Crippen molar-refractivity contribution in [1.29, 1.82) is 0 Å². The Hall–Kier alpha value is -8.57. The van der Waals surface area contributed by atoms with Gasteiger partial charge < -0.3 is 0 Å². The third-order valence-electron chi connectivity index (χ3n) is 12.6. The van der Waals surface area contributed by atoms with Crippen LogP contribution in [0.4, 0.5) is 0 Å². The predicted octanol–water partition coefficient (Wildman–Crippen LogP) is 17.4. The predicted molar refractivity (Wildman–Crippen MR) is 283 cm³/mol. The zero-order valence-corrected chi connectivity index (χ0v) is 36.5. The second-order valence-electron chi connectivity index (χ2n) is 16.6. The Labute approximate surface area is 401 Å². The van der Waals surface area contributed by atoms with E-state index in [2.05, 4.69) is 103 Å². The lowest BCUT2D eigenvalue weighted by Crippen LogP contribution is -2.01. The number of rotatable bonds is 7. The lowest BCUT2D eigenvalue weighted by Gasteiger charge is -2.15. The summed E-state index contributed by atoms with van der Waals surface area (Å²) >= 11 is 1.06. The van der Waals surface area contributed by atoms with Gasteiger partial charge in [0.15, 0.2) is 17.5 Å². The largest absolute Gasteiger partial charge is 0.208 e. The minimum atomic E-state index is -0.420. The second kappa shape index (κ2) is 16.1. The molecule has 67 heavy (non-hydrogen) atoms. The van der Waals surface area contributed by atoms with Crippen molar-refractivity contribution in [2.45, 2.75) is 0 Å². The second-order valence-corrected chi connectivity index (χ2v) is 17.6. The molecular weight excluding hydrogens is 831 g/mol. The van der Waals surface area contributed by atoms with Crippen molar-refractivity contribution in [2.75, 3.05) is 0 Å². The summed E-state index contributed by atoms with van der Waals surface area (Å²) in [6.45, 7) is 0. The average molecular weight is 877 g/mol. The van der Waals surface area contributed by atoms with E-state index in [0.717, 1.165) is 77.2 Å². The first-order valence-corrected chi connectivity index (χ1v) is 22.9. The minimum Gasteiger partial charge on any atom is -0.208 e. The van der Waals surface area contributed by atoms with Crippen LogP contribution in [0.2, 0.25) is 0 Å². The molecule has 0 unspecified atom stereocenters. The summed E-state index contributed by atoms with van der Waals surface area (Å²) in [4.78, 5) is 15.5. The fourth-order valence-corrected chi connectivity index (χ4v) is 10.3. The van der Waals surface area contributed by atoms with Gasteiger partial charge in [0.25, 0.3) is 0 Å². The van der Waals surface area contributed by atoms with Gasteiger partial charge in [0, 0.05) is 36.9 Å². The SMILES string of the molecule is [2H]c1c([2H])c([2H])c2c(sc3c([2H])c(-c4ccc(-c5nc(-c6ccccc6)nc(-c6cccc7c(-c8ccccc8)cccc67)n5)cc4-c4ccc5cc(-c6cccc7ccccc67)ccc5c4)c([2H])c([2H])c32)c1[2H]. The standard InChI is InChI=1S/C63H39N3S/c1-3-14-40(15-4-1)50-23-12-25-54-53(50)24-13-26-57(54)63-65-61(42-17-5-2-6-18-42)64-62(66-63)48-33-34-52(47-32-35-56-55-21-9-10-27-59(55)67-60(56)39-47)58(38-48)46-31-29-43-36-45(30-28-44(43)37-46)51-22-11-19-41-16-7-8-20-49(41)51/h1-39H/i9D,10D,21D,27D,32D,35D,39D. The molecule has 0 aliphatic rings. The highest BCUT2D eigenvalue weighted by molar-refractivity contribution is 7.25. The van der Waals surface area contributed by atoms with Crippen LogP contribution in [0.25, 0.3) is 131 Å². The Morgan fingerprint density at radius 1 is 0.299 bits per heavy atom. The lowest BCUT2D eigenvalue weighted by molar-refractivity contribution is 1.08. The van der Waals surface area contributed by atoms with E-state index in [1.807, 2.05) is 91.0 Å². The van der Waals surface area contributed by atoms with E-state index >= 15 is 0 Å². The first-order valence-electron chi connectivity index (χ1n) is 25.6. The van der Waals surface area contributed by atoms with Gasteiger partial charge in [0.1, 0.15) is 0 Å². The van der Waals surface area contributed by atoms with Gasteiger partial charge in [-0.3, -0.25) is 0 Å². The van der Waals surface area contributed by atoms with Crippen molar-refractivity contribution in [2.24, 2.45) is 0 Å². The van der Waals surface area contributed by atoms with Gasteiger partial charge in [-0.25, -0.2) is 15.0 Å². The summed E-state index contributed by atoms with van der Waals surface area (Å²) in [6, 6.07) is 64.0. The van der Waals surface area contributed by atoms with Crippen molar-refractivity contribution in [3.63, 3.8) is 0 Å². The maximum atomic E-state index is 9.81.